The number of thiophene rings is 1. The third-order valence-corrected chi connectivity index (χ3v) is 4.67. The van der Waals surface area contributed by atoms with Crippen LogP contribution in [0.15, 0.2) is 66.0 Å². The molecule has 3 rings (SSSR count). The van der Waals surface area contributed by atoms with Crippen molar-refractivity contribution in [1.29, 1.82) is 0 Å². The molecule has 138 valence electrons. The molecule has 0 fully saturated rings. The number of carbonyl (C=O) groups excluding carboxylic acids is 2. The molecule has 7 heteroatoms. The molecule has 0 spiro atoms. The Balaban J connectivity index is 1.49. The van der Waals surface area contributed by atoms with Crippen LogP contribution in [-0.2, 0) is 11.3 Å². The summed E-state index contributed by atoms with van der Waals surface area (Å²) in [4.78, 5) is 25.0. The molecule has 0 aliphatic carbocycles. The van der Waals surface area contributed by atoms with E-state index in [1.54, 1.807) is 23.5 Å². The predicted molar refractivity (Wildman–Crippen MR) is 105 cm³/mol. The SMILES string of the molecule is O=C(CNC(=O)NCc1ccc(F)cc1)Nc1ccccc1-c1cccs1. The second kappa shape index (κ2) is 8.95. The molecule has 0 aliphatic rings. The maximum atomic E-state index is 12.8. The standard InChI is InChI=1S/C20H18FN3O2S/c21-15-9-7-14(8-10-15)12-22-20(26)23-13-19(25)24-17-5-2-1-4-16(17)18-6-3-11-27-18/h1-11H,12-13H2,(H,24,25)(H2,22,23,26). The van der Waals surface area contributed by atoms with Crippen LogP contribution in [0.5, 0.6) is 0 Å². The van der Waals surface area contributed by atoms with Crippen molar-refractivity contribution in [2.24, 2.45) is 0 Å². The molecule has 0 aliphatic heterocycles. The van der Waals surface area contributed by atoms with Crippen LogP contribution in [0.4, 0.5) is 14.9 Å². The number of urea groups is 1. The molecule has 3 N–H and O–H groups in total. The number of benzene rings is 2. The van der Waals surface area contributed by atoms with Crippen LogP contribution in [0.25, 0.3) is 10.4 Å². The van der Waals surface area contributed by atoms with E-state index in [1.165, 1.54) is 12.1 Å². The van der Waals surface area contributed by atoms with Crippen molar-refractivity contribution in [2.45, 2.75) is 6.54 Å². The number of hydrogen-bond acceptors (Lipinski definition) is 3. The molecule has 0 saturated carbocycles. The highest BCUT2D eigenvalue weighted by atomic mass is 32.1. The van der Waals surface area contributed by atoms with E-state index in [0.29, 0.717) is 5.69 Å². The van der Waals surface area contributed by atoms with E-state index in [4.69, 9.17) is 0 Å². The van der Waals surface area contributed by atoms with Gasteiger partial charge in [-0.25, -0.2) is 9.18 Å². The van der Waals surface area contributed by atoms with Gasteiger partial charge >= 0.3 is 6.03 Å². The Morgan fingerprint density at radius 3 is 2.44 bits per heavy atom. The number of hydrogen-bond donors (Lipinski definition) is 3. The minimum atomic E-state index is -0.471. The minimum absolute atomic E-state index is 0.159. The van der Waals surface area contributed by atoms with Crippen molar-refractivity contribution < 1.29 is 14.0 Å². The smallest absolute Gasteiger partial charge is 0.315 e. The average Bonchev–Trinajstić information content (AvgIpc) is 3.21. The van der Waals surface area contributed by atoms with E-state index in [0.717, 1.165) is 16.0 Å². The van der Waals surface area contributed by atoms with Gasteiger partial charge in [0.2, 0.25) is 5.91 Å². The highest BCUT2D eigenvalue weighted by Gasteiger charge is 2.10. The molecule has 2 aromatic carbocycles. The van der Waals surface area contributed by atoms with Crippen molar-refractivity contribution in [2.75, 3.05) is 11.9 Å². The Morgan fingerprint density at radius 1 is 0.926 bits per heavy atom. The topological polar surface area (TPSA) is 70.2 Å². The van der Waals surface area contributed by atoms with E-state index in [-0.39, 0.29) is 24.8 Å². The van der Waals surface area contributed by atoms with Crippen LogP contribution in [0.1, 0.15) is 5.56 Å². The number of nitrogens with one attached hydrogen (secondary N) is 3. The van der Waals surface area contributed by atoms with E-state index in [2.05, 4.69) is 16.0 Å². The van der Waals surface area contributed by atoms with Crippen LogP contribution in [0, 0.1) is 5.82 Å². The molecule has 1 heterocycles. The van der Waals surface area contributed by atoms with Gasteiger partial charge in [-0.2, -0.15) is 0 Å². The van der Waals surface area contributed by atoms with Gasteiger partial charge < -0.3 is 16.0 Å². The maximum absolute atomic E-state index is 12.8. The Kier molecular flexibility index (Phi) is 6.17. The van der Waals surface area contributed by atoms with Gasteiger partial charge in [0.25, 0.3) is 0 Å². The summed E-state index contributed by atoms with van der Waals surface area (Å²) in [5.74, 6) is -0.654. The third-order valence-electron chi connectivity index (χ3n) is 3.76. The summed E-state index contributed by atoms with van der Waals surface area (Å²) in [6.07, 6.45) is 0. The van der Waals surface area contributed by atoms with Crippen molar-refractivity contribution in [3.8, 4) is 10.4 Å². The number of anilines is 1. The zero-order valence-corrected chi connectivity index (χ0v) is 15.2. The number of para-hydroxylation sites is 1. The lowest BCUT2D eigenvalue weighted by Crippen LogP contribution is -2.39. The zero-order valence-electron chi connectivity index (χ0n) is 14.4. The Labute approximate surface area is 160 Å². The summed E-state index contributed by atoms with van der Waals surface area (Å²) >= 11 is 1.59. The van der Waals surface area contributed by atoms with Gasteiger partial charge in [0.1, 0.15) is 5.82 Å². The predicted octanol–water partition coefficient (Wildman–Crippen LogP) is 3.99. The average molecular weight is 383 g/mol. The fraction of sp³-hybridized carbons (Fsp3) is 0.100. The molecule has 0 bridgehead atoms. The fourth-order valence-electron chi connectivity index (χ4n) is 2.44. The quantitative estimate of drug-likeness (QED) is 0.602. The summed E-state index contributed by atoms with van der Waals surface area (Å²) in [7, 11) is 0. The van der Waals surface area contributed by atoms with Crippen molar-refractivity contribution in [3.63, 3.8) is 0 Å². The van der Waals surface area contributed by atoms with Crippen molar-refractivity contribution in [3.05, 3.63) is 77.4 Å². The zero-order chi connectivity index (χ0) is 19.1. The molecule has 3 amide bonds. The lowest BCUT2D eigenvalue weighted by atomic mass is 10.1. The Hall–Kier alpha value is -3.19. The number of rotatable bonds is 6. The monoisotopic (exact) mass is 383 g/mol. The van der Waals surface area contributed by atoms with Crippen LogP contribution in [0.2, 0.25) is 0 Å². The summed E-state index contributed by atoms with van der Waals surface area (Å²) < 4.78 is 12.8. The van der Waals surface area contributed by atoms with Gasteiger partial charge in [0.15, 0.2) is 0 Å². The highest BCUT2D eigenvalue weighted by molar-refractivity contribution is 7.13. The second-order valence-electron chi connectivity index (χ2n) is 5.73. The lowest BCUT2D eigenvalue weighted by molar-refractivity contribution is -0.115. The van der Waals surface area contributed by atoms with Crippen molar-refractivity contribution >= 4 is 29.0 Å². The molecule has 0 unspecified atom stereocenters. The van der Waals surface area contributed by atoms with E-state index in [9.17, 15) is 14.0 Å². The van der Waals surface area contributed by atoms with Crippen molar-refractivity contribution in [1.82, 2.24) is 10.6 Å². The number of amides is 3. The molecule has 3 aromatic rings. The minimum Gasteiger partial charge on any atom is -0.334 e. The van der Waals surface area contributed by atoms with Crippen LogP contribution >= 0.6 is 11.3 Å². The van der Waals surface area contributed by atoms with E-state index in [1.807, 2.05) is 41.8 Å². The second-order valence-corrected chi connectivity index (χ2v) is 6.68. The largest absolute Gasteiger partial charge is 0.334 e. The van der Waals surface area contributed by atoms with Gasteiger partial charge in [-0.3, -0.25) is 4.79 Å². The summed E-state index contributed by atoms with van der Waals surface area (Å²) in [6.45, 7) is 0.0863. The lowest BCUT2D eigenvalue weighted by Gasteiger charge is -2.11. The molecule has 5 nitrogen and oxygen atoms in total. The summed E-state index contributed by atoms with van der Waals surface area (Å²) in [6, 6.07) is 16.8. The van der Waals surface area contributed by atoms with Crippen LogP contribution in [0.3, 0.4) is 0 Å². The molecular weight excluding hydrogens is 365 g/mol. The summed E-state index contributed by atoms with van der Waals surface area (Å²) in [5, 5.41) is 9.92. The first-order valence-corrected chi connectivity index (χ1v) is 9.18. The first-order valence-electron chi connectivity index (χ1n) is 8.31. The molecule has 1 aromatic heterocycles. The molecule has 0 atom stereocenters. The van der Waals surface area contributed by atoms with Gasteiger partial charge in [0, 0.05) is 22.7 Å². The molecular formula is C20H18FN3O2S. The normalized spacial score (nSPS) is 10.3. The summed E-state index contributed by atoms with van der Waals surface area (Å²) in [5.41, 5.74) is 2.39. The molecule has 0 radical (unpaired) electrons. The van der Waals surface area contributed by atoms with E-state index < -0.39 is 6.03 Å². The fourth-order valence-corrected chi connectivity index (χ4v) is 3.21. The molecule has 0 saturated heterocycles. The molecule has 27 heavy (non-hydrogen) atoms. The third kappa shape index (κ3) is 5.39. The first kappa shape index (κ1) is 18.6. The van der Waals surface area contributed by atoms with Crippen LogP contribution < -0.4 is 16.0 Å². The van der Waals surface area contributed by atoms with Gasteiger partial charge in [0.05, 0.1) is 6.54 Å². The number of carbonyl (C=O) groups is 2. The van der Waals surface area contributed by atoms with Gasteiger partial charge in [-0.05, 0) is 35.2 Å². The first-order chi connectivity index (χ1) is 13.1. The van der Waals surface area contributed by atoms with E-state index >= 15 is 0 Å². The van der Waals surface area contributed by atoms with Crippen LogP contribution in [-0.4, -0.2) is 18.5 Å². The van der Waals surface area contributed by atoms with Gasteiger partial charge in [-0.1, -0.05) is 36.4 Å². The Morgan fingerprint density at radius 2 is 1.70 bits per heavy atom. The maximum Gasteiger partial charge on any atom is 0.315 e. The highest BCUT2D eigenvalue weighted by Crippen LogP contribution is 2.31. The Bertz CT molecular complexity index is 911. The number of halogens is 1. The van der Waals surface area contributed by atoms with Gasteiger partial charge in [-0.15, -0.1) is 11.3 Å².